The van der Waals surface area contributed by atoms with Crippen LogP contribution in [-0.2, 0) is 13.6 Å². The van der Waals surface area contributed by atoms with Crippen LogP contribution in [0.15, 0.2) is 0 Å². The fraction of sp³-hybridized carbons (Fsp3) is 1.00. The molecule has 1 aliphatic rings. The predicted molar refractivity (Wildman–Crippen MR) is 47.0 cm³/mol. The van der Waals surface area contributed by atoms with Crippen LogP contribution in [0.25, 0.3) is 0 Å². The summed E-state index contributed by atoms with van der Waals surface area (Å²) in [5.41, 5.74) is 0. The van der Waals surface area contributed by atoms with Gasteiger partial charge in [-0.2, -0.15) is 0 Å². The van der Waals surface area contributed by atoms with Crippen LogP contribution in [0.3, 0.4) is 0 Å². The summed E-state index contributed by atoms with van der Waals surface area (Å²) >= 11 is 0. The van der Waals surface area contributed by atoms with E-state index in [0.717, 1.165) is 0 Å². The van der Waals surface area contributed by atoms with Crippen LogP contribution in [0.2, 0.25) is 0 Å². The highest BCUT2D eigenvalue weighted by atomic mass is 31.2. The topological polar surface area (TPSA) is 38.8 Å². The van der Waals surface area contributed by atoms with Gasteiger partial charge in [-0.15, -0.1) is 0 Å². The summed E-state index contributed by atoms with van der Waals surface area (Å²) in [4.78, 5) is 0. The SMILES string of the molecule is CCN(CC)P1(=O)OCC(C)O1. The van der Waals surface area contributed by atoms with Crippen molar-refractivity contribution in [3.05, 3.63) is 0 Å². The van der Waals surface area contributed by atoms with Gasteiger partial charge in [-0.1, -0.05) is 13.8 Å². The zero-order valence-corrected chi connectivity index (χ0v) is 8.71. The summed E-state index contributed by atoms with van der Waals surface area (Å²) in [6.45, 7) is 7.58. The molecule has 2 atom stereocenters. The monoisotopic (exact) mass is 193 g/mol. The van der Waals surface area contributed by atoms with E-state index >= 15 is 0 Å². The normalized spacial score (nSPS) is 36.2. The van der Waals surface area contributed by atoms with Gasteiger partial charge >= 0.3 is 7.75 Å². The smallest absolute Gasteiger partial charge is 0.294 e. The van der Waals surface area contributed by atoms with Crippen LogP contribution in [-0.4, -0.2) is 30.5 Å². The Balaban J connectivity index is 2.65. The number of hydrogen-bond acceptors (Lipinski definition) is 3. The molecule has 0 saturated carbocycles. The van der Waals surface area contributed by atoms with Crippen molar-refractivity contribution in [3.8, 4) is 0 Å². The zero-order valence-electron chi connectivity index (χ0n) is 7.82. The number of hydrogen-bond donors (Lipinski definition) is 0. The minimum atomic E-state index is -2.90. The van der Waals surface area contributed by atoms with Crippen molar-refractivity contribution in [3.63, 3.8) is 0 Å². The third-order valence-electron chi connectivity index (χ3n) is 1.86. The molecule has 1 rings (SSSR count). The van der Waals surface area contributed by atoms with Gasteiger partial charge in [0.05, 0.1) is 12.7 Å². The molecule has 5 heteroatoms. The van der Waals surface area contributed by atoms with Crippen molar-refractivity contribution in [2.75, 3.05) is 19.7 Å². The van der Waals surface area contributed by atoms with E-state index in [1.54, 1.807) is 4.67 Å². The fourth-order valence-electron chi connectivity index (χ4n) is 1.21. The van der Waals surface area contributed by atoms with Crippen LogP contribution >= 0.6 is 7.75 Å². The van der Waals surface area contributed by atoms with Crippen molar-refractivity contribution < 1.29 is 13.6 Å². The van der Waals surface area contributed by atoms with E-state index < -0.39 is 7.75 Å². The third kappa shape index (κ3) is 1.88. The van der Waals surface area contributed by atoms with Gasteiger partial charge in [0.15, 0.2) is 0 Å². The van der Waals surface area contributed by atoms with E-state index in [9.17, 15) is 4.57 Å². The Morgan fingerprint density at radius 1 is 1.50 bits per heavy atom. The molecule has 0 amide bonds. The molecule has 0 radical (unpaired) electrons. The number of rotatable bonds is 3. The maximum atomic E-state index is 11.9. The van der Waals surface area contributed by atoms with Gasteiger partial charge in [0.25, 0.3) is 0 Å². The second-order valence-electron chi connectivity index (χ2n) is 2.82. The molecule has 0 bridgehead atoms. The van der Waals surface area contributed by atoms with E-state index in [4.69, 9.17) is 9.05 Å². The van der Waals surface area contributed by atoms with E-state index in [1.165, 1.54) is 0 Å². The van der Waals surface area contributed by atoms with Crippen molar-refractivity contribution >= 4 is 7.75 Å². The highest BCUT2D eigenvalue weighted by molar-refractivity contribution is 7.51. The van der Waals surface area contributed by atoms with Gasteiger partial charge in [-0.05, 0) is 6.92 Å². The Labute approximate surface area is 73.4 Å². The summed E-state index contributed by atoms with van der Waals surface area (Å²) in [7, 11) is -2.90. The fourth-order valence-corrected chi connectivity index (χ4v) is 3.17. The Hall–Kier alpha value is 0.110. The lowest BCUT2D eigenvalue weighted by Gasteiger charge is -2.22. The molecule has 0 aliphatic carbocycles. The van der Waals surface area contributed by atoms with Crippen molar-refractivity contribution in [2.45, 2.75) is 26.9 Å². The average molecular weight is 193 g/mol. The van der Waals surface area contributed by atoms with Gasteiger partial charge in [0.2, 0.25) is 0 Å². The molecule has 1 aliphatic heterocycles. The molecule has 1 heterocycles. The largest absolute Gasteiger partial charge is 0.408 e. The van der Waals surface area contributed by atoms with Crippen LogP contribution in [0.4, 0.5) is 0 Å². The summed E-state index contributed by atoms with van der Waals surface area (Å²) < 4.78 is 24.0. The first-order valence-corrected chi connectivity index (χ1v) is 5.80. The Morgan fingerprint density at radius 2 is 2.08 bits per heavy atom. The minimum Gasteiger partial charge on any atom is -0.294 e. The summed E-state index contributed by atoms with van der Waals surface area (Å²) in [6.07, 6.45) is -0.0450. The van der Waals surface area contributed by atoms with Crippen molar-refractivity contribution in [1.29, 1.82) is 0 Å². The summed E-state index contributed by atoms with van der Waals surface area (Å²) in [5, 5.41) is 0. The van der Waals surface area contributed by atoms with Crippen molar-refractivity contribution in [2.24, 2.45) is 0 Å². The molecule has 72 valence electrons. The first-order chi connectivity index (χ1) is 5.62. The average Bonchev–Trinajstić information content (AvgIpc) is 2.34. The zero-order chi connectivity index (χ0) is 9.19. The van der Waals surface area contributed by atoms with Gasteiger partial charge in [-0.25, -0.2) is 9.24 Å². The molecule has 2 unspecified atom stereocenters. The summed E-state index contributed by atoms with van der Waals surface area (Å²) in [5.74, 6) is 0. The number of nitrogens with zero attached hydrogens (tertiary/aromatic N) is 1. The molecule has 12 heavy (non-hydrogen) atoms. The first kappa shape index (κ1) is 10.2. The lowest BCUT2D eigenvalue weighted by atomic mass is 10.5. The lowest BCUT2D eigenvalue weighted by Crippen LogP contribution is -2.19. The molecule has 1 saturated heterocycles. The van der Waals surface area contributed by atoms with E-state index in [-0.39, 0.29) is 6.10 Å². The van der Waals surface area contributed by atoms with Crippen LogP contribution in [0.1, 0.15) is 20.8 Å². The van der Waals surface area contributed by atoms with E-state index in [2.05, 4.69) is 0 Å². The van der Waals surface area contributed by atoms with Gasteiger partial charge in [-0.3, -0.25) is 9.05 Å². The maximum Gasteiger partial charge on any atom is 0.408 e. The highest BCUT2D eigenvalue weighted by Gasteiger charge is 2.39. The molecule has 0 aromatic heterocycles. The highest BCUT2D eigenvalue weighted by Crippen LogP contribution is 2.56. The second-order valence-corrected chi connectivity index (χ2v) is 4.79. The second kappa shape index (κ2) is 3.88. The van der Waals surface area contributed by atoms with E-state index in [0.29, 0.717) is 19.7 Å². The van der Waals surface area contributed by atoms with E-state index in [1.807, 2.05) is 20.8 Å². The van der Waals surface area contributed by atoms with Gasteiger partial charge in [0.1, 0.15) is 0 Å². The van der Waals surface area contributed by atoms with Crippen LogP contribution in [0, 0.1) is 0 Å². The maximum absolute atomic E-state index is 11.9. The lowest BCUT2D eigenvalue weighted by molar-refractivity contribution is 0.235. The van der Waals surface area contributed by atoms with Gasteiger partial charge in [0, 0.05) is 13.1 Å². The molecular formula is C7H16NO3P. The molecular weight excluding hydrogens is 177 g/mol. The molecule has 0 aromatic carbocycles. The Bertz CT molecular complexity index is 193. The third-order valence-corrected chi connectivity index (χ3v) is 4.22. The standard InChI is InChI=1S/C7H16NO3P/c1-4-8(5-2)12(9)10-6-7(3)11-12/h7H,4-6H2,1-3H3. The Morgan fingerprint density at radius 3 is 2.42 bits per heavy atom. The minimum absolute atomic E-state index is 0.0450. The van der Waals surface area contributed by atoms with Crippen molar-refractivity contribution in [1.82, 2.24) is 4.67 Å². The predicted octanol–water partition coefficient (Wildman–Crippen LogP) is 1.87. The molecule has 0 N–H and O–H groups in total. The molecule has 0 aromatic rings. The molecule has 4 nitrogen and oxygen atoms in total. The summed E-state index contributed by atoms with van der Waals surface area (Å²) in [6, 6.07) is 0. The first-order valence-electron chi connectivity index (χ1n) is 4.30. The van der Waals surface area contributed by atoms with Crippen LogP contribution < -0.4 is 0 Å². The Kier molecular flexibility index (Phi) is 3.29. The van der Waals surface area contributed by atoms with Crippen LogP contribution in [0.5, 0.6) is 0 Å². The quantitative estimate of drug-likeness (QED) is 0.641. The molecule has 0 spiro atoms. The van der Waals surface area contributed by atoms with Gasteiger partial charge < -0.3 is 0 Å². The molecule has 1 fully saturated rings.